The summed E-state index contributed by atoms with van der Waals surface area (Å²) in [4.78, 5) is 37.0. The van der Waals surface area contributed by atoms with Crippen molar-refractivity contribution in [1.29, 1.82) is 0 Å². The number of hydrogen-bond donors (Lipinski definition) is 3. The number of amides is 2. The monoisotopic (exact) mass is 531 g/mol. The first-order valence-electron chi connectivity index (χ1n) is 13.4. The number of carboxylic acid groups (broad SMARTS) is 1. The van der Waals surface area contributed by atoms with E-state index in [1.807, 2.05) is 73.5 Å². The molecule has 0 saturated carbocycles. The van der Waals surface area contributed by atoms with Crippen molar-refractivity contribution in [3.8, 4) is 0 Å². The van der Waals surface area contributed by atoms with E-state index in [1.54, 1.807) is 7.05 Å². The van der Waals surface area contributed by atoms with Crippen LogP contribution in [0.2, 0.25) is 0 Å². The van der Waals surface area contributed by atoms with Gasteiger partial charge in [-0.25, -0.2) is 0 Å². The Balaban J connectivity index is 1.61. The predicted molar refractivity (Wildman–Crippen MR) is 151 cm³/mol. The van der Waals surface area contributed by atoms with Crippen molar-refractivity contribution in [3.63, 3.8) is 0 Å². The van der Waals surface area contributed by atoms with Crippen LogP contribution in [0.15, 0.2) is 36.0 Å². The Morgan fingerprint density at radius 2 is 1.90 bits per heavy atom. The zero-order valence-electron chi connectivity index (χ0n) is 23.3. The molecule has 2 amide bonds. The quantitative estimate of drug-likeness (QED) is 0.360. The van der Waals surface area contributed by atoms with E-state index in [0.29, 0.717) is 37.1 Å². The topological polar surface area (TPSA) is 118 Å². The lowest BCUT2D eigenvalue weighted by atomic mass is 9.94. The highest BCUT2D eigenvalue weighted by Crippen LogP contribution is 2.31. The third-order valence-electron chi connectivity index (χ3n) is 7.37. The van der Waals surface area contributed by atoms with Crippen LogP contribution in [0.5, 0.6) is 0 Å². The molecule has 1 aromatic carbocycles. The van der Waals surface area contributed by atoms with Gasteiger partial charge < -0.3 is 20.3 Å². The Morgan fingerprint density at radius 1 is 1.13 bits per heavy atom. The SMILES string of the molecule is CNC(=O)C1=Cc2c(c(C)cn2C(C)C(=O)Nc2cc(Cn3nc(C)cc3C)ccc2CCCC(=O)O)CC1. The number of aliphatic carboxylic acids is 1. The number of anilines is 1. The number of fused-ring (bicyclic) bond motifs is 1. The first kappa shape index (κ1) is 27.9. The lowest BCUT2D eigenvalue weighted by Gasteiger charge is -2.21. The fourth-order valence-electron chi connectivity index (χ4n) is 5.22. The molecule has 1 aliphatic rings. The summed E-state index contributed by atoms with van der Waals surface area (Å²) < 4.78 is 3.86. The van der Waals surface area contributed by atoms with E-state index in [2.05, 4.69) is 15.7 Å². The molecule has 3 N–H and O–H groups in total. The number of hydrogen-bond acceptors (Lipinski definition) is 4. The fraction of sp³-hybridized carbons (Fsp3) is 0.400. The van der Waals surface area contributed by atoms with Gasteiger partial charge in [-0.2, -0.15) is 5.10 Å². The molecular formula is C30H37N5O4. The zero-order chi connectivity index (χ0) is 28.3. The highest BCUT2D eigenvalue weighted by atomic mass is 16.4. The van der Waals surface area contributed by atoms with Gasteiger partial charge in [0.05, 0.1) is 12.2 Å². The summed E-state index contributed by atoms with van der Waals surface area (Å²) in [7, 11) is 1.62. The van der Waals surface area contributed by atoms with Gasteiger partial charge in [0.15, 0.2) is 0 Å². The molecule has 1 aliphatic carbocycles. The lowest BCUT2D eigenvalue weighted by molar-refractivity contribution is -0.137. The summed E-state index contributed by atoms with van der Waals surface area (Å²) in [5, 5.41) is 19.5. The number of aromatic nitrogens is 3. The summed E-state index contributed by atoms with van der Waals surface area (Å²) in [6.07, 6.45) is 6.36. The molecule has 0 spiro atoms. The predicted octanol–water partition coefficient (Wildman–Crippen LogP) is 4.34. The fourth-order valence-corrected chi connectivity index (χ4v) is 5.22. The summed E-state index contributed by atoms with van der Waals surface area (Å²) in [5.74, 6) is -1.13. The van der Waals surface area contributed by atoms with Crippen molar-refractivity contribution in [2.24, 2.45) is 0 Å². The van der Waals surface area contributed by atoms with Crippen LogP contribution in [0, 0.1) is 20.8 Å². The lowest BCUT2D eigenvalue weighted by Crippen LogP contribution is -2.26. The standard InChI is InChI=1S/C30H37N5O4/c1-18-16-34(27-15-24(30(39)31-5)11-12-25(18)27)21(4)29(38)32-26-14-22(17-35-20(3)13-19(2)33-35)9-10-23(26)7-6-8-28(36)37/h9-10,13-16,21H,6-8,11-12,17H2,1-5H3,(H,31,39)(H,32,38)(H,36,37). The molecule has 39 heavy (non-hydrogen) atoms. The number of carbonyl (C=O) groups is 3. The molecule has 0 fully saturated rings. The molecular weight excluding hydrogens is 494 g/mol. The van der Waals surface area contributed by atoms with Crippen LogP contribution in [-0.4, -0.2) is 44.3 Å². The number of aryl methyl sites for hydroxylation is 4. The van der Waals surface area contributed by atoms with Crippen LogP contribution in [0.4, 0.5) is 5.69 Å². The van der Waals surface area contributed by atoms with Gasteiger partial charge in [0, 0.05) is 42.3 Å². The average Bonchev–Trinajstić information content (AvgIpc) is 3.40. The smallest absolute Gasteiger partial charge is 0.303 e. The van der Waals surface area contributed by atoms with E-state index in [1.165, 1.54) is 0 Å². The van der Waals surface area contributed by atoms with Crippen molar-refractivity contribution >= 4 is 29.5 Å². The number of nitrogens with zero attached hydrogens (tertiary/aromatic N) is 3. The Kier molecular flexibility index (Phi) is 8.38. The van der Waals surface area contributed by atoms with E-state index in [4.69, 9.17) is 5.11 Å². The number of likely N-dealkylation sites (N-methyl/N-ethyl adjacent to an activating group) is 1. The van der Waals surface area contributed by atoms with Gasteiger partial charge >= 0.3 is 5.97 Å². The van der Waals surface area contributed by atoms with E-state index in [-0.39, 0.29) is 18.2 Å². The molecule has 0 radical (unpaired) electrons. The zero-order valence-corrected chi connectivity index (χ0v) is 23.3. The molecule has 2 aromatic heterocycles. The molecule has 3 aromatic rings. The summed E-state index contributed by atoms with van der Waals surface area (Å²) >= 11 is 0. The minimum absolute atomic E-state index is 0.0616. The van der Waals surface area contributed by atoms with Gasteiger partial charge in [0.1, 0.15) is 6.04 Å². The van der Waals surface area contributed by atoms with Crippen molar-refractivity contribution in [3.05, 3.63) is 75.4 Å². The van der Waals surface area contributed by atoms with E-state index in [0.717, 1.165) is 45.8 Å². The third-order valence-corrected chi connectivity index (χ3v) is 7.37. The molecule has 0 aliphatic heterocycles. The second-order valence-corrected chi connectivity index (χ2v) is 10.3. The Hall–Kier alpha value is -4.14. The summed E-state index contributed by atoms with van der Waals surface area (Å²) in [6.45, 7) is 8.40. The van der Waals surface area contributed by atoms with E-state index in [9.17, 15) is 14.4 Å². The second-order valence-electron chi connectivity index (χ2n) is 10.3. The minimum Gasteiger partial charge on any atom is -0.481 e. The van der Waals surface area contributed by atoms with Gasteiger partial charge in [-0.3, -0.25) is 19.1 Å². The molecule has 9 heteroatoms. The minimum atomic E-state index is -0.840. The number of rotatable bonds is 10. The first-order chi connectivity index (χ1) is 18.6. The first-order valence-corrected chi connectivity index (χ1v) is 13.4. The van der Waals surface area contributed by atoms with Crippen molar-refractivity contribution in [2.45, 2.75) is 72.4 Å². The molecule has 1 atom stereocenters. The largest absolute Gasteiger partial charge is 0.481 e. The van der Waals surface area contributed by atoms with Gasteiger partial charge in [0.25, 0.3) is 0 Å². The van der Waals surface area contributed by atoms with Crippen LogP contribution in [0.25, 0.3) is 6.08 Å². The van der Waals surface area contributed by atoms with Gasteiger partial charge in [-0.15, -0.1) is 0 Å². The van der Waals surface area contributed by atoms with Crippen LogP contribution >= 0.6 is 0 Å². The van der Waals surface area contributed by atoms with Gasteiger partial charge in [-0.05, 0) is 93.8 Å². The Labute approximate surface area is 228 Å². The van der Waals surface area contributed by atoms with Crippen LogP contribution in [-0.2, 0) is 33.8 Å². The number of benzene rings is 1. The molecule has 0 saturated heterocycles. The van der Waals surface area contributed by atoms with Gasteiger partial charge in [-0.1, -0.05) is 12.1 Å². The summed E-state index contributed by atoms with van der Waals surface area (Å²) in [5.41, 5.74) is 8.39. The molecule has 4 rings (SSSR count). The second kappa shape index (κ2) is 11.7. The van der Waals surface area contributed by atoms with E-state index >= 15 is 0 Å². The molecule has 1 unspecified atom stereocenters. The number of carbonyl (C=O) groups excluding carboxylic acids is 2. The number of nitrogens with one attached hydrogen (secondary N) is 2. The molecule has 2 heterocycles. The maximum atomic E-state index is 13.6. The molecule has 9 nitrogen and oxygen atoms in total. The maximum absolute atomic E-state index is 13.6. The maximum Gasteiger partial charge on any atom is 0.303 e. The van der Waals surface area contributed by atoms with Crippen LogP contribution < -0.4 is 10.6 Å². The highest BCUT2D eigenvalue weighted by molar-refractivity contribution is 5.99. The Bertz CT molecular complexity index is 1450. The normalized spacial score (nSPS) is 13.4. The molecule has 0 bridgehead atoms. The Morgan fingerprint density at radius 3 is 2.56 bits per heavy atom. The number of carboxylic acids is 1. The van der Waals surface area contributed by atoms with Gasteiger partial charge in [0.2, 0.25) is 11.8 Å². The van der Waals surface area contributed by atoms with Crippen molar-refractivity contribution < 1.29 is 19.5 Å². The van der Waals surface area contributed by atoms with Crippen LogP contribution in [0.3, 0.4) is 0 Å². The molecule has 206 valence electrons. The van der Waals surface area contributed by atoms with Crippen molar-refractivity contribution in [2.75, 3.05) is 12.4 Å². The highest BCUT2D eigenvalue weighted by Gasteiger charge is 2.25. The average molecular weight is 532 g/mol. The van der Waals surface area contributed by atoms with E-state index < -0.39 is 12.0 Å². The van der Waals surface area contributed by atoms with Crippen LogP contribution in [0.1, 0.15) is 71.6 Å². The van der Waals surface area contributed by atoms with Crippen molar-refractivity contribution in [1.82, 2.24) is 19.7 Å². The summed E-state index contributed by atoms with van der Waals surface area (Å²) in [6, 6.07) is 7.41. The third kappa shape index (κ3) is 6.30.